The van der Waals surface area contributed by atoms with E-state index >= 15 is 0 Å². The van der Waals surface area contributed by atoms with Crippen molar-refractivity contribution in [1.82, 2.24) is 15.5 Å². The predicted octanol–water partition coefficient (Wildman–Crippen LogP) is 0.686. The molecule has 1 unspecified atom stereocenters. The van der Waals surface area contributed by atoms with E-state index in [0.717, 1.165) is 3.57 Å². The number of thiocarbonyl (C=S) groups is 1. The Labute approximate surface area is 176 Å². The van der Waals surface area contributed by atoms with Crippen molar-refractivity contribution in [3.05, 3.63) is 33.4 Å². The third-order valence-corrected chi connectivity index (χ3v) is 4.82. The molecule has 8 nitrogen and oxygen atoms in total. The van der Waals surface area contributed by atoms with Crippen LogP contribution < -0.4 is 10.6 Å². The van der Waals surface area contributed by atoms with Crippen LogP contribution in [-0.4, -0.2) is 67.3 Å². The molecule has 0 aromatic heterocycles. The maximum absolute atomic E-state index is 12.4. The summed E-state index contributed by atoms with van der Waals surface area (Å²) >= 11 is 7.42. The maximum Gasteiger partial charge on any atom is 0.308 e. The van der Waals surface area contributed by atoms with Gasteiger partial charge in [-0.3, -0.25) is 19.7 Å². The fourth-order valence-corrected chi connectivity index (χ4v) is 3.34. The van der Waals surface area contributed by atoms with Gasteiger partial charge < -0.3 is 19.7 Å². The Morgan fingerprint density at radius 3 is 2.89 bits per heavy atom. The minimum atomic E-state index is -0.836. The first-order valence-electron chi connectivity index (χ1n) is 8.22. The average molecular weight is 505 g/mol. The molecule has 146 valence electrons. The summed E-state index contributed by atoms with van der Waals surface area (Å²) in [6.07, 6.45) is -0.172. The summed E-state index contributed by atoms with van der Waals surface area (Å²) in [6, 6.07) is 6.21. The van der Waals surface area contributed by atoms with Crippen LogP contribution in [0.15, 0.2) is 24.3 Å². The first-order valence-corrected chi connectivity index (χ1v) is 9.71. The molecule has 1 atom stereocenters. The van der Waals surface area contributed by atoms with Gasteiger partial charge in [0, 0.05) is 29.3 Å². The van der Waals surface area contributed by atoms with Crippen LogP contribution in [-0.2, 0) is 19.1 Å². The van der Waals surface area contributed by atoms with Crippen molar-refractivity contribution in [3.8, 4) is 0 Å². The van der Waals surface area contributed by atoms with Crippen molar-refractivity contribution >= 4 is 57.7 Å². The van der Waals surface area contributed by atoms with Crippen LogP contribution in [0.25, 0.3) is 0 Å². The van der Waals surface area contributed by atoms with E-state index in [1.54, 1.807) is 18.2 Å². The highest BCUT2D eigenvalue weighted by molar-refractivity contribution is 14.1. The number of halogens is 1. The van der Waals surface area contributed by atoms with Crippen molar-refractivity contribution in [2.75, 3.05) is 33.4 Å². The highest BCUT2D eigenvalue weighted by Gasteiger charge is 2.34. The molecule has 1 saturated heterocycles. The summed E-state index contributed by atoms with van der Waals surface area (Å²) in [7, 11) is 1.50. The quantitative estimate of drug-likeness (QED) is 0.254. The van der Waals surface area contributed by atoms with Gasteiger partial charge in [-0.1, -0.05) is 6.07 Å². The number of nitrogens with zero attached hydrogens (tertiary/aromatic N) is 1. The van der Waals surface area contributed by atoms with E-state index in [0.29, 0.717) is 18.7 Å². The zero-order chi connectivity index (χ0) is 19.8. The van der Waals surface area contributed by atoms with Gasteiger partial charge in [-0.15, -0.1) is 0 Å². The smallest absolute Gasteiger partial charge is 0.308 e. The van der Waals surface area contributed by atoms with Gasteiger partial charge >= 0.3 is 5.97 Å². The third-order valence-electron chi connectivity index (χ3n) is 3.81. The van der Waals surface area contributed by atoms with Gasteiger partial charge in [-0.05, 0) is 53.0 Å². The zero-order valence-corrected chi connectivity index (χ0v) is 17.7. The maximum atomic E-state index is 12.4. The van der Waals surface area contributed by atoms with E-state index in [9.17, 15) is 14.4 Å². The normalized spacial score (nSPS) is 16.4. The molecule has 1 aromatic rings. The number of benzene rings is 1. The molecule has 2 amide bonds. The Morgan fingerprint density at radius 2 is 2.19 bits per heavy atom. The van der Waals surface area contributed by atoms with Crippen molar-refractivity contribution in [2.24, 2.45) is 0 Å². The van der Waals surface area contributed by atoms with Crippen LogP contribution in [0, 0.1) is 3.57 Å². The summed E-state index contributed by atoms with van der Waals surface area (Å²) in [5, 5.41) is 5.43. The number of piperazine rings is 1. The number of rotatable bonds is 6. The van der Waals surface area contributed by atoms with Crippen molar-refractivity contribution < 1.29 is 23.9 Å². The van der Waals surface area contributed by atoms with Gasteiger partial charge in [0.05, 0.1) is 13.0 Å². The molecule has 2 N–H and O–H groups in total. The molecule has 1 heterocycles. The Morgan fingerprint density at radius 1 is 1.41 bits per heavy atom. The lowest BCUT2D eigenvalue weighted by molar-refractivity contribution is -0.148. The summed E-state index contributed by atoms with van der Waals surface area (Å²) in [5.41, 5.74) is 0.459. The Bertz CT molecular complexity index is 730. The van der Waals surface area contributed by atoms with Crippen molar-refractivity contribution in [1.29, 1.82) is 0 Å². The fourth-order valence-electron chi connectivity index (χ4n) is 2.49. The molecular weight excluding hydrogens is 485 g/mol. The van der Waals surface area contributed by atoms with Crippen LogP contribution in [0.3, 0.4) is 0 Å². The van der Waals surface area contributed by atoms with E-state index in [-0.39, 0.29) is 36.6 Å². The summed E-state index contributed by atoms with van der Waals surface area (Å²) in [6.45, 7) is 1.13. The van der Waals surface area contributed by atoms with E-state index in [1.807, 2.05) is 6.07 Å². The van der Waals surface area contributed by atoms with Crippen LogP contribution >= 0.6 is 34.8 Å². The molecule has 1 aliphatic rings. The lowest BCUT2D eigenvalue weighted by Gasteiger charge is -2.36. The lowest BCUT2D eigenvalue weighted by Crippen LogP contribution is -2.60. The number of carbonyl (C=O) groups excluding carboxylic acids is 3. The summed E-state index contributed by atoms with van der Waals surface area (Å²) < 4.78 is 10.8. The highest BCUT2D eigenvalue weighted by atomic mass is 127. The summed E-state index contributed by atoms with van der Waals surface area (Å²) in [5.74, 6) is -1.24. The number of amides is 2. The number of ether oxygens (including phenoxy) is 2. The molecular formula is C17H20IN3O5S. The van der Waals surface area contributed by atoms with Crippen LogP contribution in [0.4, 0.5) is 0 Å². The Kier molecular flexibility index (Phi) is 8.38. The number of esters is 1. The fraction of sp³-hybridized carbons (Fsp3) is 0.412. The molecule has 0 aliphatic carbocycles. The lowest BCUT2D eigenvalue weighted by atomic mass is 10.1. The van der Waals surface area contributed by atoms with Crippen molar-refractivity contribution in [3.63, 3.8) is 0 Å². The van der Waals surface area contributed by atoms with Crippen LogP contribution in [0.5, 0.6) is 0 Å². The molecule has 27 heavy (non-hydrogen) atoms. The average Bonchev–Trinajstić information content (AvgIpc) is 2.63. The van der Waals surface area contributed by atoms with Gasteiger partial charge in [0.2, 0.25) is 5.91 Å². The molecule has 1 aliphatic heterocycles. The molecule has 0 radical (unpaired) electrons. The van der Waals surface area contributed by atoms with E-state index in [1.165, 1.54) is 12.0 Å². The van der Waals surface area contributed by atoms with E-state index < -0.39 is 12.0 Å². The van der Waals surface area contributed by atoms with Crippen LogP contribution in [0.2, 0.25) is 0 Å². The van der Waals surface area contributed by atoms with Gasteiger partial charge in [-0.2, -0.15) is 0 Å². The SMILES string of the molecule is COCCOC(=O)CC1C(=O)NCCN1C(=S)NC(=O)c1cccc(I)c1. The second-order valence-corrected chi connectivity index (χ2v) is 7.32. The van der Waals surface area contributed by atoms with Crippen LogP contribution in [0.1, 0.15) is 16.8 Å². The minimum Gasteiger partial charge on any atom is -0.463 e. The second-order valence-electron chi connectivity index (χ2n) is 5.69. The van der Waals surface area contributed by atoms with E-state index in [4.69, 9.17) is 21.7 Å². The van der Waals surface area contributed by atoms with Gasteiger partial charge in [0.1, 0.15) is 12.6 Å². The summed E-state index contributed by atoms with van der Waals surface area (Å²) in [4.78, 5) is 38.1. The zero-order valence-electron chi connectivity index (χ0n) is 14.7. The predicted molar refractivity (Wildman–Crippen MR) is 110 cm³/mol. The molecule has 0 bridgehead atoms. The number of hydrogen-bond donors (Lipinski definition) is 2. The first-order chi connectivity index (χ1) is 12.9. The molecule has 0 spiro atoms. The van der Waals surface area contributed by atoms with Crippen molar-refractivity contribution in [2.45, 2.75) is 12.5 Å². The molecule has 10 heteroatoms. The number of carbonyl (C=O) groups is 3. The van der Waals surface area contributed by atoms with E-state index in [2.05, 4.69) is 33.2 Å². The van der Waals surface area contributed by atoms with Gasteiger partial charge in [-0.25, -0.2) is 0 Å². The topological polar surface area (TPSA) is 97.0 Å². The minimum absolute atomic E-state index is 0.100. The molecule has 1 fully saturated rings. The number of nitrogens with one attached hydrogen (secondary N) is 2. The third kappa shape index (κ3) is 6.40. The highest BCUT2D eigenvalue weighted by Crippen LogP contribution is 2.12. The number of hydrogen-bond acceptors (Lipinski definition) is 6. The van der Waals surface area contributed by atoms with Gasteiger partial charge in [0.15, 0.2) is 5.11 Å². The monoisotopic (exact) mass is 505 g/mol. The Hall–Kier alpha value is -1.79. The second kappa shape index (κ2) is 10.5. The largest absolute Gasteiger partial charge is 0.463 e. The first kappa shape index (κ1) is 21.5. The standard InChI is InChI=1S/C17H20IN3O5S/c1-25-7-8-26-14(22)10-13-16(24)19-5-6-21(13)17(27)20-15(23)11-3-2-4-12(18)9-11/h2-4,9,13H,5-8,10H2,1H3,(H,19,24)(H,20,23,27). The number of methoxy groups -OCH3 is 1. The molecule has 2 rings (SSSR count). The van der Waals surface area contributed by atoms with Gasteiger partial charge in [0.25, 0.3) is 5.91 Å². The Balaban J connectivity index is 2.01. The molecule has 0 saturated carbocycles. The molecule has 1 aromatic carbocycles.